The second-order valence-corrected chi connectivity index (χ2v) is 5.20. The van der Waals surface area contributed by atoms with Gasteiger partial charge in [0.05, 0.1) is 16.8 Å². The molecule has 1 aliphatic heterocycles. The summed E-state index contributed by atoms with van der Waals surface area (Å²) in [6.07, 6.45) is 1.59. The number of benzene rings is 1. The zero-order chi connectivity index (χ0) is 14.1. The molecule has 104 valence electrons. The molecule has 1 saturated heterocycles. The average molecular weight is 270 g/mol. The third kappa shape index (κ3) is 2.20. The maximum atomic E-state index is 11.7. The van der Waals surface area contributed by atoms with Gasteiger partial charge in [0, 0.05) is 37.3 Å². The Bertz CT molecular complexity index is 655. The second-order valence-electron chi connectivity index (χ2n) is 5.20. The summed E-state index contributed by atoms with van der Waals surface area (Å²) in [6.45, 7) is 4.75. The third-order valence-electron chi connectivity index (χ3n) is 3.70. The Kier molecular flexibility index (Phi) is 3.28. The largest absolute Gasteiger partial charge is 0.367 e. The molecule has 1 aromatic heterocycles. The summed E-state index contributed by atoms with van der Waals surface area (Å²) in [4.78, 5) is 18.3. The average Bonchev–Trinajstić information content (AvgIpc) is 2.46. The third-order valence-corrected chi connectivity index (χ3v) is 3.70. The molecular weight excluding hydrogens is 252 g/mol. The number of carbonyl (C=O) groups is 1. The topological polar surface area (TPSA) is 71.2 Å². The highest BCUT2D eigenvalue weighted by Crippen LogP contribution is 2.30. The van der Waals surface area contributed by atoms with E-state index in [1.807, 2.05) is 24.3 Å². The minimum absolute atomic E-state index is 0.386. The maximum Gasteiger partial charge on any atom is 0.252 e. The smallest absolute Gasteiger partial charge is 0.252 e. The van der Waals surface area contributed by atoms with E-state index in [-0.39, 0.29) is 0 Å². The number of hydrogen-bond donors (Lipinski definition) is 2. The molecule has 0 spiro atoms. The van der Waals surface area contributed by atoms with Gasteiger partial charge in [-0.05, 0) is 13.0 Å². The Balaban J connectivity index is 2.19. The van der Waals surface area contributed by atoms with Gasteiger partial charge in [-0.3, -0.25) is 9.78 Å². The highest BCUT2D eigenvalue weighted by Gasteiger charge is 2.22. The van der Waals surface area contributed by atoms with Crippen molar-refractivity contribution in [2.45, 2.75) is 13.0 Å². The number of rotatable bonds is 2. The summed E-state index contributed by atoms with van der Waals surface area (Å²) < 4.78 is 0. The van der Waals surface area contributed by atoms with E-state index in [4.69, 9.17) is 5.73 Å². The predicted octanol–water partition coefficient (Wildman–Crippen LogP) is 1.13. The van der Waals surface area contributed by atoms with Crippen molar-refractivity contribution in [1.82, 2.24) is 10.3 Å². The summed E-state index contributed by atoms with van der Waals surface area (Å²) in [7, 11) is 0. The molecule has 20 heavy (non-hydrogen) atoms. The monoisotopic (exact) mass is 270 g/mol. The summed E-state index contributed by atoms with van der Waals surface area (Å²) in [5.74, 6) is -0.426. The summed E-state index contributed by atoms with van der Waals surface area (Å²) in [6, 6.07) is 8.25. The summed E-state index contributed by atoms with van der Waals surface area (Å²) in [5, 5.41) is 4.39. The zero-order valence-corrected chi connectivity index (χ0v) is 11.5. The number of carbonyl (C=O) groups excluding carboxylic acids is 1. The first-order chi connectivity index (χ1) is 9.66. The Morgan fingerprint density at radius 1 is 1.45 bits per heavy atom. The molecule has 1 aromatic carbocycles. The lowest BCUT2D eigenvalue weighted by Gasteiger charge is -2.35. The van der Waals surface area contributed by atoms with Gasteiger partial charge in [0.1, 0.15) is 0 Å². The van der Waals surface area contributed by atoms with Crippen LogP contribution in [0.25, 0.3) is 10.9 Å². The molecule has 1 unspecified atom stereocenters. The van der Waals surface area contributed by atoms with Gasteiger partial charge in [0.15, 0.2) is 0 Å². The SMILES string of the molecule is CC1CN(c2c(C(N)=O)cnc3ccccc23)CCN1. The second kappa shape index (κ2) is 5.09. The standard InChI is InChI=1S/C15H18N4O/c1-10-9-19(7-6-17-10)14-11-4-2-3-5-13(11)18-8-12(14)15(16)20/h2-5,8,10,17H,6-7,9H2,1H3,(H2,16,20). The van der Waals surface area contributed by atoms with Crippen molar-refractivity contribution < 1.29 is 4.79 Å². The molecule has 3 rings (SSSR count). The number of pyridine rings is 1. The number of piperazine rings is 1. The first-order valence-electron chi connectivity index (χ1n) is 6.82. The van der Waals surface area contributed by atoms with E-state index in [1.165, 1.54) is 0 Å². The van der Waals surface area contributed by atoms with Crippen LogP contribution in [0.2, 0.25) is 0 Å². The number of hydrogen-bond acceptors (Lipinski definition) is 4. The number of fused-ring (bicyclic) bond motifs is 1. The lowest BCUT2D eigenvalue weighted by atomic mass is 10.1. The fraction of sp³-hybridized carbons (Fsp3) is 0.333. The van der Waals surface area contributed by atoms with Gasteiger partial charge < -0.3 is 16.0 Å². The number of amides is 1. The van der Waals surface area contributed by atoms with Crippen molar-refractivity contribution in [1.29, 1.82) is 0 Å². The minimum atomic E-state index is -0.426. The van der Waals surface area contributed by atoms with Crippen molar-refractivity contribution in [3.63, 3.8) is 0 Å². The van der Waals surface area contributed by atoms with Crippen LogP contribution in [0.3, 0.4) is 0 Å². The van der Waals surface area contributed by atoms with Crippen LogP contribution in [0.1, 0.15) is 17.3 Å². The Labute approximate surface area is 117 Å². The Morgan fingerprint density at radius 3 is 3.00 bits per heavy atom. The molecule has 2 heterocycles. The molecule has 0 aliphatic carbocycles. The lowest BCUT2D eigenvalue weighted by molar-refractivity contribution is 0.100. The quantitative estimate of drug-likeness (QED) is 0.858. The molecule has 0 bridgehead atoms. The number of nitrogens with two attached hydrogens (primary N) is 1. The van der Waals surface area contributed by atoms with Crippen LogP contribution in [-0.4, -0.2) is 36.6 Å². The highest BCUT2D eigenvalue weighted by molar-refractivity contribution is 6.06. The molecule has 3 N–H and O–H groups in total. The fourth-order valence-corrected chi connectivity index (χ4v) is 2.78. The van der Waals surface area contributed by atoms with Crippen LogP contribution in [0.4, 0.5) is 5.69 Å². The predicted molar refractivity (Wildman–Crippen MR) is 79.9 cm³/mol. The van der Waals surface area contributed by atoms with Crippen LogP contribution >= 0.6 is 0 Å². The molecule has 5 nitrogen and oxygen atoms in total. The first kappa shape index (κ1) is 12.9. The Morgan fingerprint density at radius 2 is 2.25 bits per heavy atom. The van der Waals surface area contributed by atoms with Crippen LogP contribution < -0.4 is 16.0 Å². The molecule has 1 atom stereocenters. The molecule has 5 heteroatoms. The van der Waals surface area contributed by atoms with Crippen molar-refractivity contribution in [3.8, 4) is 0 Å². The molecule has 1 amide bonds. The van der Waals surface area contributed by atoms with Crippen molar-refractivity contribution >= 4 is 22.5 Å². The Hall–Kier alpha value is -2.14. The molecule has 0 radical (unpaired) electrons. The maximum absolute atomic E-state index is 11.7. The fourth-order valence-electron chi connectivity index (χ4n) is 2.78. The van der Waals surface area contributed by atoms with E-state index < -0.39 is 5.91 Å². The number of para-hydroxylation sites is 1. The first-order valence-corrected chi connectivity index (χ1v) is 6.82. The minimum Gasteiger partial charge on any atom is -0.367 e. The highest BCUT2D eigenvalue weighted by atomic mass is 16.1. The molecule has 1 aliphatic rings. The van der Waals surface area contributed by atoms with Gasteiger partial charge in [-0.1, -0.05) is 18.2 Å². The number of anilines is 1. The van der Waals surface area contributed by atoms with Crippen LogP contribution in [0, 0.1) is 0 Å². The van der Waals surface area contributed by atoms with E-state index >= 15 is 0 Å². The molecular formula is C15H18N4O. The van der Waals surface area contributed by atoms with Crippen LogP contribution in [-0.2, 0) is 0 Å². The normalized spacial score (nSPS) is 19.2. The summed E-state index contributed by atoms with van der Waals surface area (Å²) in [5.41, 5.74) is 7.82. The molecule has 1 fully saturated rings. The van der Waals surface area contributed by atoms with Gasteiger partial charge in [0.2, 0.25) is 0 Å². The lowest BCUT2D eigenvalue weighted by Crippen LogP contribution is -2.49. The van der Waals surface area contributed by atoms with E-state index in [9.17, 15) is 4.79 Å². The van der Waals surface area contributed by atoms with E-state index in [1.54, 1.807) is 6.20 Å². The molecule has 2 aromatic rings. The van der Waals surface area contributed by atoms with Crippen molar-refractivity contribution in [3.05, 3.63) is 36.0 Å². The number of aromatic nitrogens is 1. The van der Waals surface area contributed by atoms with E-state index in [0.29, 0.717) is 11.6 Å². The van der Waals surface area contributed by atoms with Crippen molar-refractivity contribution in [2.24, 2.45) is 5.73 Å². The van der Waals surface area contributed by atoms with Gasteiger partial charge in [-0.15, -0.1) is 0 Å². The molecule has 0 saturated carbocycles. The number of nitrogens with one attached hydrogen (secondary N) is 1. The van der Waals surface area contributed by atoms with Gasteiger partial charge in [-0.25, -0.2) is 0 Å². The van der Waals surface area contributed by atoms with Gasteiger partial charge >= 0.3 is 0 Å². The van der Waals surface area contributed by atoms with E-state index in [2.05, 4.69) is 22.1 Å². The van der Waals surface area contributed by atoms with Gasteiger partial charge in [-0.2, -0.15) is 0 Å². The van der Waals surface area contributed by atoms with Crippen LogP contribution in [0.5, 0.6) is 0 Å². The summed E-state index contributed by atoms with van der Waals surface area (Å²) >= 11 is 0. The van der Waals surface area contributed by atoms with Gasteiger partial charge in [0.25, 0.3) is 5.91 Å². The van der Waals surface area contributed by atoms with E-state index in [0.717, 1.165) is 36.2 Å². The van der Waals surface area contributed by atoms with Crippen molar-refractivity contribution in [2.75, 3.05) is 24.5 Å². The number of nitrogens with zero attached hydrogens (tertiary/aromatic N) is 2. The number of primary amides is 1. The zero-order valence-electron chi connectivity index (χ0n) is 11.5. The van der Waals surface area contributed by atoms with Crippen LogP contribution in [0.15, 0.2) is 30.5 Å².